The number of aryl methyl sites for hydroxylation is 1. The third kappa shape index (κ3) is 7.83. The van der Waals surface area contributed by atoms with Crippen molar-refractivity contribution in [3.63, 3.8) is 0 Å². The van der Waals surface area contributed by atoms with Crippen molar-refractivity contribution in [2.45, 2.75) is 39.0 Å². The zero-order valence-electron chi connectivity index (χ0n) is 14.8. The fraction of sp³-hybridized carbons (Fsp3) is 0.611. The van der Waals surface area contributed by atoms with Crippen LogP contribution in [0.4, 0.5) is 13.2 Å². The summed E-state index contributed by atoms with van der Waals surface area (Å²) in [7, 11) is 0. The molecule has 1 N–H and O–H groups in total. The maximum atomic E-state index is 12.3. The minimum Gasteiger partial charge on any atom is -0.406 e. The predicted octanol–water partition coefficient (Wildman–Crippen LogP) is 3.79. The molecule has 2 rings (SSSR count). The molecule has 1 aliphatic rings. The molecule has 0 atom stereocenters. The van der Waals surface area contributed by atoms with Gasteiger partial charge in [-0.05, 0) is 56.0 Å². The largest absolute Gasteiger partial charge is 0.573 e. The van der Waals surface area contributed by atoms with E-state index in [1.54, 1.807) is 12.1 Å². The van der Waals surface area contributed by atoms with Gasteiger partial charge in [0.15, 0.2) is 0 Å². The van der Waals surface area contributed by atoms with Gasteiger partial charge in [-0.2, -0.15) is 0 Å². The van der Waals surface area contributed by atoms with Crippen molar-refractivity contribution in [3.8, 4) is 5.75 Å². The summed E-state index contributed by atoms with van der Waals surface area (Å²) in [6.07, 6.45) is -1.76. The van der Waals surface area contributed by atoms with Crippen LogP contribution < -0.4 is 10.1 Å². The maximum Gasteiger partial charge on any atom is 0.573 e. The highest BCUT2D eigenvalue weighted by atomic mass is 35.5. The number of hydrogen-bond acceptors (Lipinski definition) is 3. The summed E-state index contributed by atoms with van der Waals surface area (Å²) in [6, 6.07) is 5.69. The highest BCUT2D eigenvalue weighted by molar-refractivity contribution is 5.85. The Morgan fingerprint density at radius 2 is 1.85 bits per heavy atom. The average molecular weight is 395 g/mol. The topological polar surface area (TPSA) is 41.6 Å². The van der Waals surface area contributed by atoms with Crippen molar-refractivity contribution in [2.75, 3.05) is 26.2 Å². The van der Waals surface area contributed by atoms with E-state index in [0.29, 0.717) is 18.8 Å². The molecular weight excluding hydrogens is 369 g/mol. The van der Waals surface area contributed by atoms with Gasteiger partial charge in [0.1, 0.15) is 5.75 Å². The van der Waals surface area contributed by atoms with E-state index in [1.165, 1.54) is 12.1 Å². The number of nitrogens with zero attached hydrogens (tertiary/aromatic N) is 1. The highest BCUT2D eigenvalue weighted by Gasteiger charge is 2.31. The van der Waals surface area contributed by atoms with Crippen LogP contribution in [0.15, 0.2) is 24.3 Å². The molecule has 0 aromatic heterocycles. The second-order valence-electron chi connectivity index (χ2n) is 6.32. The number of benzene rings is 1. The minimum absolute atomic E-state index is 0. The number of likely N-dealkylation sites (tertiary alicyclic amines) is 1. The lowest BCUT2D eigenvalue weighted by atomic mass is 9.96. The first-order valence-electron chi connectivity index (χ1n) is 8.70. The van der Waals surface area contributed by atoms with Gasteiger partial charge in [0, 0.05) is 19.5 Å². The van der Waals surface area contributed by atoms with E-state index in [-0.39, 0.29) is 24.1 Å². The summed E-state index contributed by atoms with van der Waals surface area (Å²) in [5.74, 6) is 0.494. The monoisotopic (exact) mass is 394 g/mol. The Morgan fingerprint density at radius 1 is 1.23 bits per heavy atom. The van der Waals surface area contributed by atoms with E-state index in [9.17, 15) is 18.0 Å². The van der Waals surface area contributed by atoms with Crippen LogP contribution >= 0.6 is 12.4 Å². The SMILES string of the molecule is CCNCC1CCN(C(=O)CCc2ccc(OC(F)(F)F)cc2)CC1.Cl. The Morgan fingerprint density at radius 3 is 2.38 bits per heavy atom. The van der Waals surface area contributed by atoms with Gasteiger partial charge in [0.05, 0.1) is 0 Å². The van der Waals surface area contributed by atoms with Crippen molar-refractivity contribution >= 4 is 18.3 Å². The van der Waals surface area contributed by atoms with E-state index < -0.39 is 6.36 Å². The van der Waals surface area contributed by atoms with Crippen LogP contribution in [0, 0.1) is 5.92 Å². The van der Waals surface area contributed by atoms with Gasteiger partial charge in [-0.15, -0.1) is 25.6 Å². The van der Waals surface area contributed by atoms with Crippen molar-refractivity contribution in [1.29, 1.82) is 0 Å². The van der Waals surface area contributed by atoms with Crippen LogP contribution in [0.2, 0.25) is 0 Å². The predicted molar refractivity (Wildman–Crippen MR) is 96.5 cm³/mol. The van der Waals surface area contributed by atoms with Crippen LogP contribution in [0.5, 0.6) is 5.75 Å². The van der Waals surface area contributed by atoms with E-state index in [4.69, 9.17) is 0 Å². The molecule has 0 spiro atoms. The van der Waals surface area contributed by atoms with Gasteiger partial charge < -0.3 is 15.0 Å². The first kappa shape index (κ1) is 22.6. The second kappa shape index (κ2) is 10.6. The maximum absolute atomic E-state index is 12.3. The van der Waals surface area contributed by atoms with Gasteiger partial charge in [-0.3, -0.25) is 4.79 Å². The van der Waals surface area contributed by atoms with Crippen LogP contribution in [0.3, 0.4) is 0 Å². The van der Waals surface area contributed by atoms with Crippen molar-refractivity contribution in [3.05, 3.63) is 29.8 Å². The fourth-order valence-corrected chi connectivity index (χ4v) is 3.00. The van der Waals surface area contributed by atoms with E-state index in [1.807, 2.05) is 4.90 Å². The Balaban J connectivity index is 0.00000338. The molecule has 1 saturated heterocycles. The van der Waals surface area contributed by atoms with Crippen molar-refractivity contribution in [2.24, 2.45) is 5.92 Å². The van der Waals surface area contributed by atoms with Crippen LogP contribution in [0.1, 0.15) is 31.7 Å². The number of nitrogens with one attached hydrogen (secondary N) is 1. The summed E-state index contributed by atoms with van der Waals surface area (Å²) in [5, 5.41) is 3.34. The molecular formula is C18H26ClF3N2O2. The highest BCUT2D eigenvalue weighted by Crippen LogP contribution is 2.23. The molecule has 0 saturated carbocycles. The third-order valence-corrected chi connectivity index (χ3v) is 4.43. The second-order valence-corrected chi connectivity index (χ2v) is 6.32. The summed E-state index contributed by atoms with van der Waals surface area (Å²) in [5.41, 5.74) is 0.824. The molecule has 26 heavy (non-hydrogen) atoms. The molecule has 1 fully saturated rings. The molecule has 1 aromatic carbocycles. The summed E-state index contributed by atoms with van der Waals surface area (Å²) in [4.78, 5) is 14.2. The molecule has 0 unspecified atom stereocenters. The molecule has 1 aromatic rings. The number of amides is 1. The lowest BCUT2D eigenvalue weighted by molar-refractivity contribution is -0.274. The summed E-state index contributed by atoms with van der Waals surface area (Å²) in [6.45, 7) is 5.62. The number of piperidine rings is 1. The van der Waals surface area contributed by atoms with Crippen LogP contribution in [0.25, 0.3) is 0 Å². The molecule has 0 bridgehead atoms. The molecule has 0 radical (unpaired) electrons. The number of ether oxygens (including phenoxy) is 1. The van der Waals surface area contributed by atoms with E-state index >= 15 is 0 Å². The fourth-order valence-electron chi connectivity index (χ4n) is 3.00. The zero-order valence-corrected chi connectivity index (χ0v) is 15.7. The Labute approximate surface area is 158 Å². The molecule has 0 aliphatic carbocycles. The Bertz CT molecular complexity index is 544. The molecule has 8 heteroatoms. The summed E-state index contributed by atoms with van der Waals surface area (Å²) >= 11 is 0. The standard InChI is InChI=1S/C18H25F3N2O2.ClH/c1-2-22-13-15-9-11-23(12-10-15)17(24)8-5-14-3-6-16(7-4-14)25-18(19,20)21;/h3-4,6-7,15,22H,2,5,8-13H2,1H3;1H. The lowest BCUT2D eigenvalue weighted by Gasteiger charge is -2.32. The third-order valence-electron chi connectivity index (χ3n) is 4.43. The molecule has 148 valence electrons. The number of alkyl halides is 3. The first-order chi connectivity index (χ1) is 11.9. The number of rotatable bonds is 7. The number of carbonyl (C=O) groups is 1. The van der Waals surface area contributed by atoms with E-state index in [2.05, 4.69) is 17.0 Å². The van der Waals surface area contributed by atoms with Gasteiger partial charge in [-0.1, -0.05) is 19.1 Å². The number of hydrogen-bond donors (Lipinski definition) is 1. The molecule has 4 nitrogen and oxygen atoms in total. The average Bonchev–Trinajstić information content (AvgIpc) is 2.58. The van der Waals surface area contributed by atoms with Gasteiger partial charge >= 0.3 is 6.36 Å². The van der Waals surface area contributed by atoms with Gasteiger partial charge in [0.25, 0.3) is 0 Å². The zero-order chi connectivity index (χ0) is 18.3. The first-order valence-corrected chi connectivity index (χ1v) is 8.70. The molecule has 1 amide bonds. The molecule has 1 heterocycles. The normalized spacial score (nSPS) is 15.5. The van der Waals surface area contributed by atoms with Gasteiger partial charge in [-0.25, -0.2) is 0 Å². The van der Waals surface area contributed by atoms with Gasteiger partial charge in [0.2, 0.25) is 5.91 Å². The smallest absolute Gasteiger partial charge is 0.406 e. The van der Waals surface area contributed by atoms with E-state index in [0.717, 1.165) is 44.6 Å². The lowest BCUT2D eigenvalue weighted by Crippen LogP contribution is -2.40. The Kier molecular flexibility index (Phi) is 9.22. The Hall–Kier alpha value is -1.47. The van der Waals surface area contributed by atoms with Crippen LogP contribution in [-0.4, -0.2) is 43.3 Å². The minimum atomic E-state index is -4.68. The summed E-state index contributed by atoms with van der Waals surface area (Å²) < 4.78 is 40.2. The molecule has 1 aliphatic heterocycles. The number of halogens is 4. The van der Waals surface area contributed by atoms with Crippen molar-refractivity contribution in [1.82, 2.24) is 10.2 Å². The number of carbonyl (C=O) groups excluding carboxylic acids is 1. The quantitative estimate of drug-likeness (QED) is 0.765. The van der Waals surface area contributed by atoms with Crippen LogP contribution in [-0.2, 0) is 11.2 Å². The van der Waals surface area contributed by atoms with Crippen molar-refractivity contribution < 1.29 is 22.7 Å².